The van der Waals surface area contributed by atoms with Crippen LogP contribution in [0.5, 0.6) is 0 Å². The second-order valence-corrected chi connectivity index (χ2v) is 18.9. The van der Waals surface area contributed by atoms with Crippen LogP contribution in [-0.4, -0.2) is 8.07 Å². The Balaban J connectivity index is 0.000000174. The van der Waals surface area contributed by atoms with E-state index >= 15 is 0 Å². The van der Waals surface area contributed by atoms with Crippen LogP contribution in [0.15, 0.2) is 125 Å². The van der Waals surface area contributed by atoms with Crippen molar-refractivity contribution in [2.45, 2.75) is 56.1 Å². The van der Waals surface area contributed by atoms with Crippen molar-refractivity contribution in [3.63, 3.8) is 0 Å². The molecule has 2 bridgehead atoms. The molecule has 8 rings (SSSR count). The first-order chi connectivity index (χ1) is 21.1. The summed E-state index contributed by atoms with van der Waals surface area (Å²) < 4.78 is 6.77. The average molecular weight is 738 g/mol. The van der Waals surface area contributed by atoms with Gasteiger partial charge < -0.3 is 29.2 Å². The topological polar surface area (TPSA) is 13.1 Å². The fourth-order valence-electron chi connectivity index (χ4n) is 7.76. The van der Waals surface area contributed by atoms with E-state index in [0.717, 1.165) is 5.76 Å². The normalized spacial score (nSPS) is 18.2. The van der Waals surface area contributed by atoms with E-state index in [2.05, 4.69) is 157 Å². The molecule has 5 aromatic rings. The van der Waals surface area contributed by atoms with Crippen molar-refractivity contribution >= 4 is 29.7 Å². The molecule has 231 valence electrons. The Bertz CT molecular complexity index is 1890. The van der Waals surface area contributed by atoms with Crippen molar-refractivity contribution < 1.29 is 54.0 Å². The number of fused-ring (bicyclic) bond motifs is 6. The monoisotopic (exact) mass is 735 g/mol. The zero-order valence-electron chi connectivity index (χ0n) is 27.3. The molecule has 1 nitrogen and oxygen atoms in total. The van der Waals surface area contributed by atoms with E-state index in [0.29, 0.717) is 9.17 Å². The first-order valence-corrected chi connectivity index (χ1v) is 19.2. The summed E-state index contributed by atoms with van der Waals surface area (Å²) in [5, 5.41) is 4.52. The summed E-state index contributed by atoms with van der Waals surface area (Å²) in [6.07, 6.45) is 2.38. The molecule has 0 fully saturated rings. The van der Waals surface area contributed by atoms with Crippen molar-refractivity contribution in [3.05, 3.63) is 154 Å². The molecule has 2 unspecified atom stereocenters. The molecule has 0 N–H and O–H groups in total. The molecule has 0 radical (unpaired) electrons. The molecule has 5 heteroatoms. The molecule has 3 heterocycles. The molecule has 1 aliphatic carbocycles. The van der Waals surface area contributed by atoms with Gasteiger partial charge in [-0.25, -0.2) is 0 Å². The van der Waals surface area contributed by atoms with Gasteiger partial charge in [-0.2, -0.15) is 0 Å². The summed E-state index contributed by atoms with van der Waals surface area (Å²) in [4.78, 5) is 0. The molecule has 0 amide bonds. The van der Waals surface area contributed by atoms with E-state index in [4.69, 9.17) is 4.42 Å². The zero-order valence-corrected chi connectivity index (χ0v) is 32.3. The fourth-order valence-corrected chi connectivity index (χ4v) is 14.5. The first kappa shape index (κ1) is 34.6. The second-order valence-electron chi connectivity index (χ2n) is 13.6. The number of halogens is 2. The van der Waals surface area contributed by atoms with E-state index in [1.54, 1.807) is 24.7 Å². The zero-order chi connectivity index (χ0) is 30.8. The Morgan fingerprint density at radius 2 is 1.28 bits per heavy atom. The smallest absolute Gasteiger partial charge is 1.00 e. The van der Waals surface area contributed by atoms with Gasteiger partial charge in [0.1, 0.15) is 11.5 Å². The number of hydrogen-bond donors (Lipinski definition) is 0. The van der Waals surface area contributed by atoms with Gasteiger partial charge in [0.05, 0.1) is 0 Å². The molecule has 4 aromatic carbocycles. The summed E-state index contributed by atoms with van der Waals surface area (Å²) in [5.41, 5.74) is 12.2. The number of rotatable bonds is 3. The van der Waals surface area contributed by atoms with Gasteiger partial charge in [-0.15, -0.1) is 0 Å². The van der Waals surface area contributed by atoms with E-state index in [1.807, 2.05) is 0 Å². The first-order valence-electron chi connectivity index (χ1n) is 15.7. The number of furan rings is 1. The van der Waals surface area contributed by atoms with E-state index in [-0.39, 0.29) is 30.2 Å². The molecule has 3 aliphatic rings. The van der Waals surface area contributed by atoms with Gasteiger partial charge in [0, 0.05) is 11.1 Å². The third kappa shape index (κ3) is 5.42. The number of hydrogen-bond acceptors (Lipinski definition) is 1. The standard InChI is InChI=1S/C21H18OSi.C20H21.2ClH.Zr/c1-14-13-18-19(22-14)21-15(2)20(18)23(21,16-9-5-3-6-10-16)17-11-7-4-8-12-17;1-14-12-16-6-5-7-18(19(16)13-14)15-8-10-17(11-9-15)20(2,3)4;;;/h3-13,20H,1-2H3;5-13H,1-4H3;2*1H;/q;;;;+2/p-2. The summed E-state index contributed by atoms with van der Waals surface area (Å²) in [6, 6.07) is 40.3. The Hall–Kier alpha value is -2.68. The van der Waals surface area contributed by atoms with Crippen molar-refractivity contribution in [1.82, 2.24) is 0 Å². The van der Waals surface area contributed by atoms with Crippen molar-refractivity contribution in [3.8, 4) is 11.1 Å². The van der Waals surface area contributed by atoms with Crippen LogP contribution in [-0.2, 0) is 30.1 Å². The molecule has 2 atom stereocenters. The maximum Gasteiger partial charge on any atom is -1.00 e. The van der Waals surface area contributed by atoms with Crippen LogP contribution in [0.4, 0.5) is 0 Å². The quantitative estimate of drug-likeness (QED) is 0.259. The van der Waals surface area contributed by atoms with Crippen molar-refractivity contribution in [2.24, 2.45) is 0 Å². The van der Waals surface area contributed by atoms with Gasteiger partial charge in [-0.1, -0.05) is 66.2 Å². The molecule has 0 saturated heterocycles. The molecule has 1 aromatic heterocycles. The van der Waals surface area contributed by atoms with Crippen LogP contribution in [0.2, 0.25) is 0 Å². The maximum absolute atomic E-state index is 6.13. The largest absolute Gasteiger partial charge is 1.00 e. The minimum atomic E-state index is -1.94. The average Bonchev–Trinajstić information content (AvgIpc) is 3.70. The Morgan fingerprint density at radius 1 is 0.696 bits per heavy atom. The second kappa shape index (κ2) is 13.1. The van der Waals surface area contributed by atoms with Crippen LogP contribution in [0.3, 0.4) is 0 Å². The number of aryl methyl sites for hydroxylation is 1. The molecular weight excluding hydrogens is 699 g/mol. The third-order valence-corrected chi connectivity index (χ3v) is 17.3. The van der Waals surface area contributed by atoms with Gasteiger partial charge in [-0.05, 0) is 35.5 Å². The van der Waals surface area contributed by atoms with E-state index in [9.17, 15) is 0 Å². The predicted molar refractivity (Wildman–Crippen MR) is 184 cm³/mol. The van der Waals surface area contributed by atoms with Gasteiger partial charge in [0.2, 0.25) is 0 Å². The van der Waals surface area contributed by atoms with Crippen molar-refractivity contribution in [2.75, 3.05) is 0 Å². The Kier molecular flexibility index (Phi) is 9.85. The van der Waals surface area contributed by atoms with Crippen LogP contribution < -0.4 is 35.2 Å². The number of benzene rings is 4. The summed E-state index contributed by atoms with van der Waals surface area (Å²) in [7, 11) is -1.94. The van der Waals surface area contributed by atoms with Gasteiger partial charge in [0.25, 0.3) is 0 Å². The number of allylic oxidation sites excluding steroid dienone is 2. The van der Waals surface area contributed by atoms with Crippen molar-refractivity contribution in [1.29, 1.82) is 0 Å². The third-order valence-electron chi connectivity index (χ3n) is 9.88. The Labute approximate surface area is 302 Å². The molecule has 46 heavy (non-hydrogen) atoms. The van der Waals surface area contributed by atoms with Gasteiger partial charge >= 0.3 is 143 Å². The summed E-state index contributed by atoms with van der Waals surface area (Å²) in [5.74, 6) is 2.21. The minimum Gasteiger partial charge on any atom is -1.00 e. The van der Waals surface area contributed by atoms with Crippen LogP contribution >= 0.6 is 0 Å². The fraction of sp³-hybridized carbons (Fsp3) is 0.220. The molecular formula is C41H39Cl2OSiZr. The van der Waals surface area contributed by atoms with Gasteiger partial charge in [0.15, 0.2) is 8.07 Å². The summed E-state index contributed by atoms with van der Waals surface area (Å²) in [6.45, 7) is 13.4. The van der Waals surface area contributed by atoms with Crippen LogP contribution in [0, 0.1) is 6.92 Å². The molecule has 2 aliphatic heterocycles. The van der Waals surface area contributed by atoms with Crippen LogP contribution in [0.25, 0.3) is 22.4 Å². The maximum atomic E-state index is 6.13. The molecule has 0 spiro atoms. The Morgan fingerprint density at radius 3 is 1.83 bits per heavy atom. The van der Waals surface area contributed by atoms with E-state index in [1.165, 1.54) is 65.9 Å². The van der Waals surface area contributed by atoms with E-state index < -0.39 is 8.07 Å². The van der Waals surface area contributed by atoms with Gasteiger partial charge in [-0.3, -0.25) is 0 Å². The van der Waals surface area contributed by atoms with Crippen LogP contribution in [0.1, 0.15) is 77.6 Å². The SMILES string of the molecule is CC1=C2c3oc(C)cc3C1[Si]2(c1ccccc1)c1ccccc1.CC1=Cc2c(-c3ccc(C(C)(C)C)cc3)cccc2[CH]1[Zr+2].[Cl-].[Cl-]. The summed E-state index contributed by atoms with van der Waals surface area (Å²) >= 11 is 1.58. The molecule has 0 saturated carbocycles. The predicted octanol–water partition coefficient (Wildman–Crippen LogP) is 3.48. The minimum absolute atomic E-state index is 0.